The summed E-state index contributed by atoms with van der Waals surface area (Å²) in [7, 11) is 0. The number of benzene rings is 2. The zero-order chi connectivity index (χ0) is 20.8. The molecule has 0 bridgehead atoms. The lowest BCUT2D eigenvalue weighted by atomic mass is 9.68. The molecule has 4 rings (SSSR count). The average Bonchev–Trinajstić information content (AvgIpc) is 2.81. The molecule has 0 spiro atoms. The van der Waals surface area contributed by atoms with Crippen molar-refractivity contribution in [3.8, 4) is 5.75 Å². The van der Waals surface area contributed by atoms with Gasteiger partial charge in [0.1, 0.15) is 12.4 Å². The molecule has 0 radical (unpaired) electrons. The molecular weight excluding hydrogens is 364 g/mol. The SMILES string of the molecule is C=CCOc1ccc2cc(CCC3CCC(C4CCC(CC)CC4)CC3)ccc2c1. The van der Waals surface area contributed by atoms with Gasteiger partial charge >= 0.3 is 0 Å². The molecule has 1 heteroatoms. The summed E-state index contributed by atoms with van der Waals surface area (Å²) in [6.07, 6.45) is 17.8. The first-order valence-electron chi connectivity index (χ1n) is 12.5. The Hall–Kier alpha value is -1.76. The minimum Gasteiger partial charge on any atom is -0.490 e. The quantitative estimate of drug-likeness (QED) is 0.402. The van der Waals surface area contributed by atoms with Crippen molar-refractivity contribution in [3.05, 3.63) is 54.6 Å². The van der Waals surface area contributed by atoms with Crippen molar-refractivity contribution in [2.75, 3.05) is 6.61 Å². The second kappa shape index (κ2) is 10.5. The molecule has 2 aliphatic carbocycles. The summed E-state index contributed by atoms with van der Waals surface area (Å²) in [5.74, 6) is 4.99. The van der Waals surface area contributed by atoms with Gasteiger partial charge in [0.2, 0.25) is 0 Å². The highest BCUT2D eigenvalue weighted by atomic mass is 16.5. The Bertz CT molecular complexity index is 806. The largest absolute Gasteiger partial charge is 0.490 e. The lowest BCUT2D eigenvalue weighted by Crippen LogP contribution is -2.25. The molecule has 2 aromatic rings. The van der Waals surface area contributed by atoms with Crippen LogP contribution in [0, 0.1) is 23.7 Å². The molecule has 2 aliphatic rings. The van der Waals surface area contributed by atoms with E-state index < -0.39 is 0 Å². The molecule has 2 aromatic carbocycles. The molecule has 0 saturated heterocycles. The first kappa shape index (κ1) is 21.5. The third kappa shape index (κ3) is 5.48. The van der Waals surface area contributed by atoms with Crippen LogP contribution in [0.5, 0.6) is 5.75 Å². The van der Waals surface area contributed by atoms with Crippen LogP contribution in [-0.4, -0.2) is 6.61 Å². The summed E-state index contributed by atoms with van der Waals surface area (Å²) in [6.45, 7) is 6.66. The summed E-state index contributed by atoms with van der Waals surface area (Å²) >= 11 is 0. The van der Waals surface area contributed by atoms with Crippen LogP contribution in [0.15, 0.2) is 49.1 Å². The summed E-state index contributed by atoms with van der Waals surface area (Å²) < 4.78 is 5.67. The molecule has 0 heterocycles. The topological polar surface area (TPSA) is 9.23 Å². The van der Waals surface area contributed by atoms with Crippen LogP contribution >= 0.6 is 0 Å². The first-order valence-corrected chi connectivity index (χ1v) is 12.5. The van der Waals surface area contributed by atoms with Gasteiger partial charge in [-0.3, -0.25) is 0 Å². The number of hydrogen-bond acceptors (Lipinski definition) is 1. The fourth-order valence-electron chi connectivity index (χ4n) is 6.06. The van der Waals surface area contributed by atoms with Crippen LogP contribution in [0.4, 0.5) is 0 Å². The van der Waals surface area contributed by atoms with Crippen molar-refractivity contribution in [2.24, 2.45) is 23.7 Å². The number of hydrogen-bond donors (Lipinski definition) is 0. The minimum atomic E-state index is 0.561. The number of aryl methyl sites for hydroxylation is 1. The minimum absolute atomic E-state index is 0.561. The van der Waals surface area contributed by atoms with E-state index in [0.717, 1.165) is 29.4 Å². The van der Waals surface area contributed by atoms with Gasteiger partial charge in [0.25, 0.3) is 0 Å². The molecule has 2 saturated carbocycles. The standard InChI is InChI=1S/C29H40O/c1-3-19-30-29-18-17-27-20-24(11-16-28(27)21-29)6-5-23-9-14-26(15-10-23)25-12-7-22(4-2)8-13-25/h3,11,16-18,20-23,25-26H,1,4-10,12-15,19H2,2H3. The van der Waals surface area contributed by atoms with E-state index in [1.807, 2.05) is 0 Å². The van der Waals surface area contributed by atoms with Crippen molar-refractivity contribution in [1.82, 2.24) is 0 Å². The highest BCUT2D eigenvalue weighted by Gasteiger charge is 2.30. The highest BCUT2D eigenvalue weighted by molar-refractivity contribution is 5.84. The van der Waals surface area contributed by atoms with Crippen molar-refractivity contribution < 1.29 is 4.74 Å². The Morgan fingerprint density at radius 2 is 1.47 bits per heavy atom. The van der Waals surface area contributed by atoms with Gasteiger partial charge in [0, 0.05) is 0 Å². The van der Waals surface area contributed by atoms with Crippen molar-refractivity contribution >= 4 is 10.8 Å². The van der Waals surface area contributed by atoms with Crippen LogP contribution < -0.4 is 4.74 Å². The molecule has 0 aliphatic heterocycles. The van der Waals surface area contributed by atoms with E-state index in [1.165, 1.54) is 87.0 Å². The van der Waals surface area contributed by atoms with E-state index >= 15 is 0 Å². The lowest BCUT2D eigenvalue weighted by Gasteiger charge is -2.37. The van der Waals surface area contributed by atoms with E-state index in [0.29, 0.717) is 6.61 Å². The van der Waals surface area contributed by atoms with E-state index in [9.17, 15) is 0 Å². The molecule has 0 N–H and O–H groups in total. The zero-order valence-electron chi connectivity index (χ0n) is 19.0. The second-order valence-corrected chi connectivity index (χ2v) is 9.95. The van der Waals surface area contributed by atoms with Gasteiger partial charge in [0.15, 0.2) is 0 Å². The Labute approximate surface area is 183 Å². The van der Waals surface area contributed by atoms with E-state index in [2.05, 4.69) is 49.9 Å². The number of fused-ring (bicyclic) bond motifs is 1. The Kier molecular flexibility index (Phi) is 7.52. The Morgan fingerprint density at radius 3 is 2.13 bits per heavy atom. The van der Waals surface area contributed by atoms with Gasteiger partial charge in [-0.05, 0) is 90.7 Å². The predicted octanol–water partition coefficient (Wildman–Crippen LogP) is 8.36. The van der Waals surface area contributed by atoms with Crippen LogP contribution in [0.2, 0.25) is 0 Å². The van der Waals surface area contributed by atoms with E-state index in [1.54, 1.807) is 6.08 Å². The van der Waals surface area contributed by atoms with Gasteiger partial charge in [-0.2, -0.15) is 0 Å². The molecular formula is C29H40O. The van der Waals surface area contributed by atoms with Gasteiger partial charge in [0.05, 0.1) is 0 Å². The van der Waals surface area contributed by atoms with Crippen LogP contribution in [0.3, 0.4) is 0 Å². The lowest BCUT2D eigenvalue weighted by molar-refractivity contribution is 0.142. The number of ether oxygens (including phenoxy) is 1. The maximum atomic E-state index is 5.67. The van der Waals surface area contributed by atoms with E-state index in [4.69, 9.17) is 4.74 Å². The predicted molar refractivity (Wildman–Crippen MR) is 129 cm³/mol. The summed E-state index contributed by atoms with van der Waals surface area (Å²) in [5.41, 5.74) is 1.49. The molecule has 0 amide bonds. The van der Waals surface area contributed by atoms with Crippen LogP contribution in [0.25, 0.3) is 10.8 Å². The monoisotopic (exact) mass is 404 g/mol. The normalized spacial score (nSPS) is 27.1. The molecule has 1 nitrogen and oxygen atoms in total. The third-order valence-corrected chi connectivity index (χ3v) is 8.11. The third-order valence-electron chi connectivity index (χ3n) is 8.11. The smallest absolute Gasteiger partial charge is 0.120 e. The maximum Gasteiger partial charge on any atom is 0.120 e. The Balaban J connectivity index is 1.24. The van der Waals surface area contributed by atoms with Crippen molar-refractivity contribution in [2.45, 2.75) is 77.6 Å². The molecule has 162 valence electrons. The fourth-order valence-corrected chi connectivity index (χ4v) is 6.06. The maximum absolute atomic E-state index is 5.67. The molecule has 0 aromatic heterocycles. The molecule has 0 atom stereocenters. The first-order chi connectivity index (χ1) is 14.7. The summed E-state index contributed by atoms with van der Waals surface area (Å²) in [6, 6.07) is 13.4. The Morgan fingerprint density at radius 1 is 0.833 bits per heavy atom. The molecule has 0 unspecified atom stereocenters. The summed E-state index contributed by atoms with van der Waals surface area (Å²) in [5, 5.41) is 2.59. The van der Waals surface area contributed by atoms with Crippen LogP contribution in [0.1, 0.15) is 76.7 Å². The van der Waals surface area contributed by atoms with Gasteiger partial charge in [-0.1, -0.05) is 75.9 Å². The highest BCUT2D eigenvalue weighted by Crippen LogP contribution is 2.42. The zero-order valence-corrected chi connectivity index (χ0v) is 19.0. The fraction of sp³-hybridized carbons (Fsp3) is 0.586. The van der Waals surface area contributed by atoms with Crippen LogP contribution in [-0.2, 0) is 6.42 Å². The molecule has 30 heavy (non-hydrogen) atoms. The average molecular weight is 405 g/mol. The summed E-state index contributed by atoms with van der Waals surface area (Å²) in [4.78, 5) is 0. The number of rotatable bonds is 8. The molecule has 2 fully saturated rings. The van der Waals surface area contributed by atoms with Crippen molar-refractivity contribution in [1.29, 1.82) is 0 Å². The van der Waals surface area contributed by atoms with Gasteiger partial charge < -0.3 is 4.74 Å². The van der Waals surface area contributed by atoms with Gasteiger partial charge in [-0.25, -0.2) is 0 Å². The van der Waals surface area contributed by atoms with E-state index in [-0.39, 0.29) is 0 Å². The van der Waals surface area contributed by atoms with Gasteiger partial charge in [-0.15, -0.1) is 0 Å². The second-order valence-electron chi connectivity index (χ2n) is 9.95. The van der Waals surface area contributed by atoms with Crippen molar-refractivity contribution in [3.63, 3.8) is 0 Å².